The topological polar surface area (TPSA) is 99.7 Å². The Balaban J connectivity index is 1.54. The Morgan fingerprint density at radius 3 is 2.82 bits per heavy atom. The Morgan fingerprint density at radius 2 is 2.06 bits per heavy atom. The summed E-state index contributed by atoms with van der Waals surface area (Å²) in [6.07, 6.45) is 3.09. The fourth-order valence-electron chi connectivity index (χ4n) is 3.83. The first-order valence-corrected chi connectivity index (χ1v) is 11.8. The number of benzene rings is 1. The van der Waals surface area contributed by atoms with Crippen LogP contribution in [0.15, 0.2) is 52.2 Å². The summed E-state index contributed by atoms with van der Waals surface area (Å²) in [4.78, 5) is 26.8. The number of methoxy groups -OCH3 is 1. The Hall–Kier alpha value is -3.27. The maximum atomic E-state index is 13.0. The van der Waals surface area contributed by atoms with Gasteiger partial charge in [0, 0.05) is 13.1 Å². The molecule has 10 heteroatoms. The first-order chi connectivity index (χ1) is 16.1. The Morgan fingerprint density at radius 1 is 1.21 bits per heavy atom. The zero-order chi connectivity index (χ0) is 23.2. The van der Waals surface area contributed by atoms with Gasteiger partial charge in [-0.05, 0) is 44.0 Å². The number of amides is 1. The predicted octanol–water partition coefficient (Wildman–Crippen LogP) is 3.43. The molecule has 1 atom stereocenters. The highest BCUT2D eigenvalue weighted by molar-refractivity contribution is 7.99. The van der Waals surface area contributed by atoms with Crippen molar-refractivity contribution in [3.05, 3.63) is 42.7 Å². The van der Waals surface area contributed by atoms with Crippen molar-refractivity contribution >= 4 is 23.6 Å². The van der Waals surface area contributed by atoms with E-state index >= 15 is 0 Å². The van der Waals surface area contributed by atoms with Crippen LogP contribution in [0, 0.1) is 5.92 Å². The minimum absolute atomic E-state index is 0.0527. The average Bonchev–Trinajstić information content (AvgIpc) is 3.52. The van der Waals surface area contributed by atoms with Crippen molar-refractivity contribution in [3.63, 3.8) is 0 Å². The van der Waals surface area contributed by atoms with Crippen LogP contribution in [0.4, 0.5) is 0 Å². The van der Waals surface area contributed by atoms with Crippen molar-refractivity contribution in [1.29, 1.82) is 0 Å². The molecule has 2 aromatic heterocycles. The largest absolute Gasteiger partial charge is 0.495 e. The van der Waals surface area contributed by atoms with E-state index in [4.69, 9.17) is 13.9 Å². The van der Waals surface area contributed by atoms with Gasteiger partial charge in [0.25, 0.3) is 0 Å². The third kappa shape index (κ3) is 5.05. The zero-order valence-electron chi connectivity index (χ0n) is 18.6. The summed E-state index contributed by atoms with van der Waals surface area (Å²) < 4.78 is 18.1. The van der Waals surface area contributed by atoms with E-state index in [0.717, 1.165) is 18.5 Å². The molecule has 1 unspecified atom stereocenters. The summed E-state index contributed by atoms with van der Waals surface area (Å²) in [5.41, 5.74) is 0.742. The quantitative estimate of drug-likeness (QED) is 0.365. The number of furan rings is 1. The van der Waals surface area contributed by atoms with Gasteiger partial charge in [0.05, 0.1) is 37.3 Å². The van der Waals surface area contributed by atoms with Crippen LogP contribution >= 0.6 is 11.8 Å². The van der Waals surface area contributed by atoms with Crippen molar-refractivity contribution in [2.24, 2.45) is 5.92 Å². The molecule has 1 aliphatic rings. The van der Waals surface area contributed by atoms with Crippen molar-refractivity contribution < 1.29 is 23.5 Å². The number of para-hydroxylation sites is 2. The predicted molar refractivity (Wildman–Crippen MR) is 122 cm³/mol. The van der Waals surface area contributed by atoms with Gasteiger partial charge in [-0.25, -0.2) is 0 Å². The molecule has 3 aromatic rings. The highest BCUT2D eigenvalue weighted by atomic mass is 32.2. The molecule has 9 nitrogen and oxygen atoms in total. The van der Waals surface area contributed by atoms with Gasteiger partial charge in [-0.15, -0.1) is 10.2 Å². The van der Waals surface area contributed by atoms with Crippen molar-refractivity contribution in [2.45, 2.75) is 24.9 Å². The first kappa shape index (κ1) is 22.9. The third-order valence-electron chi connectivity index (χ3n) is 5.42. The van der Waals surface area contributed by atoms with Crippen molar-refractivity contribution in [1.82, 2.24) is 19.7 Å². The molecule has 4 rings (SSSR count). The van der Waals surface area contributed by atoms with Gasteiger partial charge in [0.2, 0.25) is 11.7 Å². The molecule has 174 valence electrons. The molecular weight excluding hydrogens is 444 g/mol. The summed E-state index contributed by atoms with van der Waals surface area (Å²) in [5, 5.41) is 9.18. The molecule has 0 bridgehead atoms. The number of nitrogens with zero attached hydrogens (tertiary/aromatic N) is 4. The van der Waals surface area contributed by atoms with E-state index in [1.807, 2.05) is 28.8 Å². The number of aromatic nitrogens is 3. The van der Waals surface area contributed by atoms with Crippen molar-refractivity contribution in [3.8, 4) is 23.0 Å². The Labute approximate surface area is 196 Å². The van der Waals surface area contributed by atoms with Crippen LogP contribution in [-0.2, 0) is 14.3 Å². The number of carbonyl (C=O) groups excluding carboxylic acids is 2. The minimum Gasteiger partial charge on any atom is -0.495 e. The maximum absolute atomic E-state index is 13.0. The number of ether oxygens (including phenoxy) is 2. The molecule has 0 saturated carbocycles. The molecule has 1 amide bonds. The summed E-state index contributed by atoms with van der Waals surface area (Å²) >= 11 is 1.29. The Bertz CT molecular complexity index is 1100. The summed E-state index contributed by atoms with van der Waals surface area (Å²) in [6, 6.07) is 11.1. The number of carbonyl (C=O) groups is 2. The van der Waals surface area contributed by atoms with Crippen LogP contribution in [0.5, 0.6) is 5.75 Å². The second-order valence-corrected chi connectivity index (χ2v) is 8.45. The molecule has 33 heavy (non-hydrogen) atoms. The summed E-state index contributed by atoms with van der Waals surface area (Å²) in [5.74, 6) is 1.33. The number of thioether (sulfide) groups is 1. The standard InChI is InChI=1S/C23H26N4O5S/c1-3-31-22(29)16-8-6-12-26(14-16)20(28)15-33-23-25-24-21(19-11-7-13-32-19)27(23)17-9-4-5-10-18(17)30-2/h4-5,7,9-11,13,16H,3,6,8,12,14-15H2,1-2H3. The number of likely N-dealkylation sites (tertiary alicyclic amines) is 1. The molecular formula is C23H26N4O5S. The smallest absolute Gasteiger partial charge is 0.310 e. The zero-order valence-corrected chi connectivity index (χ0v) is 19.4. The minimum atomic E-state index is -0.268. The molecule has 0 N–H and O–H groups in total. The molecule has 0 spiro atoms. The molecule has 1 fully saturated rings. The number of hydrogen-bond acceptors (Lipinski definition) is 8. The number of piperidine rings is 1. The summed E-state index contributed by atoms with van der Waals surface area (Å²) in [7, 11) is 1.60. The monoisotopic (exact) mass is 470 g/mol. The fourth-order valence-corrected chi connectivity index (χ4v) is 4.68. The van der Waals surface area contributed by atoms with Gasteiger partial charge in [-0.2, -0.15) is 0 Å². The van der Waals surface area contributed by atoms with Gasteiger partial charge >= 0.3 is 5.97 Å². The maximum Gasteiger partial charge on any atom is 0.310 e. The second kappa shape index (κ2) is 10.6. The highest BCUT2D eigenvalue weighted by Crippen LogP contribution is 2.33. The molecule has 1 saturated heterocycles. The average molecular weight is 471 g/mol. The van der Waals surface area contributed by atoms with E-state index in [1.165, 1.54) is 11.8 Å². The normalized spacial score (nSPS) is 15.9. The lowest BCUT2D eigenvalue weighted by Gasteiger charge is -2.31. The highest BCUT2D eigenvalue weighted by Gasteiger charge is 2.30. The van der Waals surface area contributed by atoms with Crippen LogP contribution in [0.2, 0.25) is 0 Å². The van der Waals surface area contributed by atoms with Crippen LogP contribution in [0.3, 0.4) is 0 Å². The van der Waals surface area contributed by atoms with Gasteiger partial charge in [-0.3, -0.25) is 14.2 Å². The molecule has 1 aromatic carbocycles. The lowest BCUT2D eigenvalue weighted by molar-refractivity contribution is -0.151. The van der Waals surface area contributed by atoms with E-state index in [0.29, 0.717) is 42.2 Å². The second-order valence-electron chi connectivity index (χ2n) is 7.51. The molecule has 1 aliphatic heterocycles. The van der Waals surface area contributed by atoms with Crippen LogP contribution in [-0.4, -0.2) is 64.1 Å². The fraction of sp³-hybridized carbons (Fsp3) is 0.391. The van der Waals surface area contributed by atoms with E-state index < -0.39 is 0 Å². The van der Waals surface area contributed by atoms with Gasteiger partial charge in [0.15, 0.2) is 10.9 Å². The van der Waals surface area contributed by atoms with E-state index in [-0.39, 0.29) is 23.5 Å². The molecule has 0 radical (unpaired) electrons. The number of esters is 1. The van der Waals surface area contributed by atoms with E-state index in [2.05, 4.69) is 10.2 Å². The van der Waals surface area contributed by atoms with Gasteiger partial charge in [0.1, 0.15) is 5.75 Å². The van der Waals surface area contributed by atoms with Crippen LogP contribution in [0.25, 0.3) is 17.3 Å². The van der Waals surface area contributed by atoms with Gasteiger partial charge < -0.3 is 18.8 Å². The Kier molecular flexibility index (Phi) is 7.33. The SMILES string of the molecule is CCOC(=O)C1CCCN(C(=O)CSc2nnc(-c3ccco3)n2-c2ccccc2OC)C1. The molecule has 3 heterocycles. The third-order valence-corrected chi connectivity index (χ3v) is 6.33. The number of rotatable bonds is 8. The first-order valence-electron chi connectivity index (χ1n) is 10.8. The molecule has 0 aliphatic carbocycles. The van der Waals surface area contributed by atoms with Gasteiger partial charge in [-0.1, -0.05) is 23.9 Å². The van der Waals surface area contributed by atoms with Crippen LogP contribution in [0.1, 0.15) is 19.8 Å². The van der Waals surface area contributed by atoms with E-state index in [9.17, 15) is 9.59 Å². The summed E-state index contributed by atoms with van der Waals surface area (Å²) in [6.45, 7) is 3.14. The number of hydrogen-bond donors (Lipinski definition) is 0. The lowest BCUT2D eigenvalue weighted by atomic mass is 9.98. The van der Waals surface area contributed by atoms with Crippen molar-refractivity contribution in [2.75, 3.05) is 32.6 Å². The van der Waals surface area contributed by atoms with Crippen LogP contribution < -0.4 is 4.74 Å². The van der Waals surface area contributed by atoms with E-state index in [1.54, 1.807) is 37.3 Å². The lowest BCUT2D eigenvalue weighted by Crippen LogP contribution is -2.43.